The molecule has 0 unspecified atom stereocenters. The summed E-state index contributed by atoms with van der Waals surface area (Å²) in [4.78, 5) is 22.9. The maximum atomic E-state index is 11.9. The highest BCUT2D eigenvalue weighted by molar-refractivity contribution is 5.88. The Morgan fingerprint density at radius 1 is 0.778 bits per heavy atom. The van der Waals surface area contributed by atoms with Crippen molar-refractivity contribution in [3.63, 3.8) is 0 Å². The van der Waals surface area contributed by atoms with Crippen molar-refractivity contribution in [2.75, 3.05) is 11.9 Å². The summed E-state index contributed by atoms with van der Waals surface area (Å²) >= 11 is 0. The highest BCUT2D eigenvalue weighted by Crippen LogP contribution is 2.22. The lowest BCUT2D eigenvalue weighted by molar-refractivity contribution is -0.136. The van der Waals surface area contributed by atoms with Crippen LogP contribution in [0.3, 0.4) is 0 Å². The lowest BCUT2D eigenvalue weighted by atomic mass is 10.1. The van der Waals surface area contributed by atoms with Gasteiger partial charge in [-0.15, -0.1) is 0 Å². The third-order valence-corrected chi connectivity index (χ3v) is 3.72. The van der Waals surface area contributed by atoms with Gasteiger partial charge < -0.3 is 14.8 Å². The van der Waals surface area contributed by atoms with Crippen molar-refractivity contribution in [2.45, 2.75) is 6.92 Å². The van der Waals surface area contributed by atoms with E-state index in [9.17, 15) is 9.59 Å². The minimum Gasteiger partial charge on any atom is -0.482 e. The van der Waals surface area contributed by atoms with Crippen molar-refractivity contribution >= 4 is 17.6 Å². The number of esters is 1. The Morgan fingerprint density at radius 2 is 1.37 bits per heavy atom. The molecule has 0 spiro atoms. The van der Waals surface area contributed by atoms with E-state index in [1.54, 1.807) is 24.3 Å². The van der Waals surface area contributed by atoms with Crippen LogP contribution >= 0.6 is 0 Å². The van der Waals surface area contributed by atoms with E-state index in [-0.39, 0.29) is 12.5 Å². The standard InChI is InChI=1S/C22H19NO4/c1-16(24)23-19-9-13-21(14-10-19)27-22(25)15-26-20-11-7-18(8-12-20)17-5-3-2-4-6-17/h2-14H,15H2,1H3,(H,23,24). The Morgan fingerprint density at radius 3 is 2.00 bits per heavy atom. The Bertz CT molecular complexity index is 903. The minimum absolute atomic E-state index is 0.161. The Balaban J connectivity index is 1.51. The number of carbonyl (C=O) groups is 2. The van der Waals surface area contributed by atoms with E-state index >= 15 is 0 Å². The van der Waals surface area contributed by atoms with Crippen LogP contribution in [0.15, 0.2) is 78.9 Å². The lowest BCUT2D eigenvalue weighted by Gasteiger charge is -2.08. The van der Waals surface area contributed by atoms with Crippen LogP contribution < -0.4 is 14.8 Å². The van der Waals surface area contributed by atoms with Gasteiger partial charge in [0.15, 0.2) is 6.61 Å². The first-order chi connectivity index (χ1) is 13.1. The topological polar surface area (TPSA) is 64.6 Å². The SMILES string of the molecule is CC(=O)Nc1ccc(OC(=O)COc2ccc(-c3ccccc3)cc2)cc1. The first kappa shape index (κ1) is 18.2. The fourth-order valence-electron chi connectivity index (χ4n) is 2.49. The molecule has 0 saturated carbocycles. The van der Waals surface area contributed by atoms with Crippen LogP contribution in [0, 0.1) is 0 Å². The maximum absolute atomic E-state index is 11.9. The zero-order valence-electron chi connectivity index (χ0n) is 14.8. The number of hydrogen-bond acceptors (Lipinski definition) is 4. The molecule has 1 N–H and O–H groups in total. The molecule has 5 heteroatoms. The van der Waals surface area contributed by atoms with Crippen molar-refractivity contribution in [3.05, 3.63) is 78.9 Å². The second-order valence-electron chi connectivity index (χ2n) is 5.86. The Hall–Kier alpha value is -3.60. The average Bonchev–Trinajstić information content (AvgIpc) is 2.69. The van der Waals surface area contributed by atoms with Gasteiger partial charge in [0, 0.05) is 12.6 Å². The van der Waals surface area contributed by atoms with Gasteiger partial charge >= 0.3 is 5.97 Å². The molecule has 3 rings (SSSR count). The highest BCUT2D eigenvalue weighted by atomic mass is 16.6. The smallest absolute Gasteiger partial charge is 0.349 e. The minimum atomic E-state index is -0.505. The molecule has 0 radical (unpaired) electrons. The van der Waals surface area contributed by atoms with E-state index in [4.69, 9.17) is 9.47 Å². The number of hydrogen-bond donors (Lipinski definition) is 1. The molecule has 27 heavy (non-hydrogen) atoms. The summed E-state index contributed by atoms with van der Waals surface area (Å²) in [5.41, 5.74) is 2.83. The molecular formula is C22H19NO4. The van der Waals surface area contributed by atoms with Crippen LogP contribution in [0.4, 0.5) is 5.69 Å². The first-order valence-electron chi connectivity index (χ1n) is 8.47. The summed E-state index contributed by atoms with van der Waals surface area (Å²) in [6.45, 7) is 1.23. The third-order valence-electron chi connectivity index (χ3n) is 3.72. The van der Waals surface area contributed by atoms with E-state index < -0.39 is 5.97 Å². The van der Waals surface area contributed by atoms with Crippen LogP contribution in [0.2, 0.25) is 0 Å². The average molecular weight is 361 g/mol. The first-order valence-corrected chi connectivity index (χ1v) is 8.47. The van der Waals surface area contributed by atoms with Crippen molar-refractivity contribution in [2.24, 2.45) is 0 Å². The molecule has 1 amide bonds. The van der Waals surface area contributed by atoms with Crippen LogP contribution in [0.5, 0.6) is 11.5 Å². The number of ether oxygens (including phenoxy) is 2. The van der Waals surface area contributed by atoms with Gasteiger partial charge in [0.1, 0.15) is 11.5 Å². The summed E-state index contributed by atoms with van der Waals surface area (Å²) in [7, 11) is 0. The number of rotatable bonds is 6. The molecule has 3 aromatic carbocycles. The van der Waals surface area contributed by atoms with E-state index in [1.807, 2.05) is 54.6 Å². The fraction of sp³-hybridized carbons (Fsp3) is 0.0909. The summed E-state index contributed by atoms with van der Waals surface area (Å²) in [6, 6.07) is 24.1. The van der Waals surface area contributed by atoms with Gasteiger partial charge in [-0.1, -0.05) is 42.5 Å². The molecule has 0 aliphatic heterocycles. The van der Waals surface area contributed by atoms with Crippen LogP contribution in [0.25, 0.3) is 11.1 Å². The Kier molecular flexibility index (Phi) is 5.84. The molecule has 0 atom stereocenters. The van der Waals surface area contributed by atoms with Gasteiger partial charge in [-0.3, -0.25) is 4.79 Å². The van der Waals surface area contributed by atoms with Gasteiger partial charge in [-0.05, 0) is 47.5 Å². The van der Waals surface area contributed by atoms with Crippen LogP contribution in [-0.4, -0.2) is 18.5 Å². The molecule has 0 saturated heterocycles. The van der Waals surface area contributed by atoms with Crippen LogP contribution in [-0.2, 0) is 9.59 Å². The van der Waals surface area contributed by atoms with Gasteiger partial charge in [-0.25, -0.2) is 4.79 Å². The molecule has 5 nitrogen and oxygen atoms in total. The van der Waals surface area contributed by atoms with Gasteiger partial charge in [0.05, 0.1) is 0 Å². The van der Waals surface area contributed by atoms with E-state index in [1.165, 1.54) is 6.92 Å². The quantitative estimate of drug-likeness (QED) is 0.525. The van der Waals surface area contributed by atoms with Crippen molar-refractivity contribution in [1.82, 2.24) is 0 Å². The number of nitrogens with one attached hydrogen (secondary N) is 1. The summed E-state index contributed by atoms with van der Waals surface area (Å²) in [6.07, 6.45) is 0. The normalized spacial score (nSPS) is 10.1. The molecule has 0 aliphatic rings. The van der Waals surface area contributed by atoms with Gasteiger partial charge in [-0.2, -0.15) is 0 Å². The lowest BCUT2D eigenvalue weighted by Crippen LogP contribution is -2.17. The van der Waals surface area contributed by atoms with E-state index in [0.29, 0.717) is 17.2 Å². The van der Waals surface area contributed by atoms with Gasteiger partial charge in [0.2, 0.25) is 5.91 Å². The van der Waals surface area contributed by atoms with Crippen molar-refractivity contribution in [3.8, 4) is 22.6 Å². The molecule has 0 fully saturated rings. The van der Waals surface area contributed by atoms with Crippen molar-refractivity contribution in [1.29, 1.82) is 0 Å². The number of benzene rings is 3. The number of amides is 1. The predicted molar refractivity (Wildman–Crippen MR) is 104 cm³/mol. The van der Waals surface area contributed by atoms with Crippen LogP contribution in [0.1, 0.15) is 6.92 Å². The van der Waals surface area contributed by atoms with E-state index in [2.05, 4.69) is 5.32 Å². The van der Waals surface area contributed by atoms with Crippen molar-refractivity contribution < 1.29 is 19.1 Å². The fourth-order valence-corrected chi connectivity index (χ4v) is 2.49. The van der Waals surface area contributed by atoms with Gasteiger partial charge in [0.25, 0.3) is 0 Å². The molecule has 3 aromatic rings. The van der Waals surface area contributed by atoms with E-state index in [0.717, 1.165) is 11.1 Å². The zero-order chi connectivity index (χ0) is 19.1. The summed E-state index contributed by atoms with van der Waals surface area (Å²) < 4.78 is 10.7. The molecule has 0 heterocycles. The third kappa shape index (κ3) is 5.44. The monoisotopic (exact) mass is 361 g/mol. The molecule has 0 aliphatic carbocycles. The predicted octanol–water partition coefficient (Wildman–Crippen LogP) is 4.30. The number of anilines is 1. The number of carbonyl (C=O) groups excluding carboxylic acids is 2. The molecule has 0 aromatic heterocycles. The second kappa shape index (κ2) is 8.67. The second-order valence-corrected chi connectivity index (χ2v) is 5.86. The summed E-state index contributed by atoms with van der Waals surface area (Å²) in [5, 5.41) is 2.64. The Labute approximate surface area is 157 Å². The molecular weight excluding hydrogens is 342 g/mol. The molecule has 136 valence electrons. The highest BCUT2D eigenvalue weighted by Gasteiger charge is 2.07. The largest absolute Gasteiger partial charge is 0.482 e. The summed E-state index contributed by atoms with van der Waals surface area (Å²) in [5.74, 6) is 0.311. The maximum Gasteiger partial charge on any atom is 0.349 e. The zero-order valence-corrected chi connectivity index (χ0v) is 14.8. The molecule has 0 bridgehead atoms.